The molecule has 11 heavy (non-hydrogen) atoms. The maximum Gasteiger partial charge on any atom is 0.00394 e. The highest BCUT2D eigenvalue weighted by Gasteiger charge is 1.95. The van der Waals surface area contributed by atoms with Crippen LogP contribution in [-0.4, -0.2) is 5.11 Å². The van der Waals surface area contributed by atoms with Gasteiger partial charge in [-0.2, -0.15) is 0 Å². The van der Waals surface area contributed by atoms with Crippen molar-refractivity contribution in [3.05, 3.63) is 34.9 Å². The van der Waals surface area contributed by atoms with Crippen LogP contribution in [0.15, 0.2) is 18.2 Å². The number of aryl methyl sites for hydroxylation is 2. The van der Waals surface area contributed by atoms with Gasteiger partial charge in [-0.1, -0.05) is 29.3 Å². The lowest BCUT2D eigenvalue weighted by molar-refractivity contribution is -0.490. The molecule has 1 atom stereocenters. The van der Waals surface area contributed by atoms with Crippen molar-refractivity contribution in [2.75, 3.05) is 0 Å². The fourth-order valence-electron chi connectivity index (χ4n) is 1.15. The molecule has 1 rings (SSSR count). The first-order valence-corrected chi connectivity index (χ1v) is 3.51. The average molecular weight is 151 g/mol. The highest BCUT2D eigenvalue weighted by Crippen LogP contribution is 2.12. The standard InChI is InChI=1S/C9H11O2/c1-6-3-7(2)5-8(4-6)9(10)11/h3-5,9-10H,1-2H3/q-1. The normalized spacial score (nSPS) is 13.1. The van der Waals surface area contributed by atoms with Crippen LogP contribution >= 0.6 is 0 Å². The minimum atomic E-state index is -1.60. The zero-order chi connectivity index (χ0) is 8.43. The van der Waals surface area contributed by atoms with E-state index in [1.165, 1.54) is 0 Å². The summed E-state index contributed by atoms with van der Waals surface area (Å²) in [7, 11) is 0. The molecule has 0 spiro atoms. The number of rotatable bonds is 1. The molecule has 0 aliphatic heterocycles. The third kappa shape index (κ3) is 2.03. The van der Waals surface area contributed by atoms with E-state index in [2.05, 4.69) is 0 Å². The van der Waals surface area contributed by atoms with Gasteiger partial charge >= 0.3 is 0 Å². The Morgan fingerprint density at radius 1 is 1.18 bits per heavy atom. The number of aliphatic hydroxyl groups excluding tert-OH is 1. The van der Waals surface area contributed by atoms with Crippen molar-refractivity contribution in [2.24, 2.45) is 0 Å². The van der Waals surface area contributed by atoms with Gasteiger partial charge in [-0.3, -0.25) is 0 Å². The van der Waals surface area contributed by atoms with Gasteiger partial charge in [0.2, 0.25) is 0 Å². The Morgan fingerprint density at radius 3 is 2.00 bits per heavy atom. The van der Waals surface area contributed by atoms with Crippen LogP contribution in [0.5, 0.6) is 0 Å². The molecule has 0 aliphatic rings. The van der Waals surface area contributed by atoms with Crippen molar-refractivity contribution >= 4 is 0 Å². The topological polar surface area (TPSA) is 43.3 Å². The third-order valence-corrected chi connectivity index (χ3v) is 1.53. The smallest absolute Gasteiger partial charge is 0.00394 e. The molecule has 2 heteroatoms. The maximum absolute atomic E-state index is 10.6. The third-order valence-electron chi connectivity index (χ3n) is 1.53. The molecule has 2 nitrogen and oxygen atoms in total. The summed E-state index contributed by atoms with van der Waals surface area (Å²) in [5.41, 5.74) is 2.47. The Morgan fingerprint density at radius 2 is 1.64 bits per heavy atom. The predicted octanol–water partition coefficient (Wildman–Crippen LogP) is 0.655. The minimum Gasteiger partial charge on any atom is -0.828 e. The molecule has 60 valence electrons. The van der Waals surface area contributed by atoms with E-state index in [0.29, 0.717) is 5.56 Å². The van der Waals surface area contributed by atoms with E-state index < -0.39 is 6.29 Å². The summed E-state index contributed by atoms with van der Waals surface area (Å²) in [6.07, 6.45) is -1.60. The number of hydrogen-bond acceptors (Lipinski definition) is 2. The van der Waals surface area contributed by atoms with Gasteiger partial charge in [-0.25, -0.2) is 0 Å². The van der Waals surface area contributed by atoms with E-state index in [9.17, 15) is 5.11 Å². The summed E-state index contributed by atoms with van der Waals surface area (Å²) in [5.74, 6) is 0. The van der Waals surface area contributed by atoms with Crippen LogP contribution in [0.1, 0.15) is 23.0 Å². The van der Waals surface area contributed by atoms with Crippen LogP contribution in [0.3, 0.4) is 0 Å². The quantitative estimate of drug-likeness (QED) is 0.599. The van der Waals surface area contributed by atoms with E-state index in [4.69, 9.17) is 5.11 Å². The second kappa shape index (κ2) is 3.03. The molecule has 0 saturated heterocycles. The lowest BCUT2D eigenvalue weighted by Crippen LogP contribution is -2.14. The molecule has 0 fully saturated rings. The summed E-state index contributed by atoms with van der Waals surface area (Å²) >= 11 is 0. The summed E-state index contributed by atoms with van der Waals surface area (Å²) in [6.45, 7) is 3.80. The highest BCUT2D eigenvalue weighted by atomic mass is 16.5. The lowest BCUT2D eigenvalue weighted by Gasteiger charge is -2.16. The van der Waals surface area contributed by atoms with Crippen LogP contribution in [0.4, 0.5) is 0 Å². The van der Waals surface area contributed by atoms with Gasteiger partial charge in [0.05, 0.1) is 0 Å². The van der Waals surface area contributed by atoms with Crippen molar-refractivity contribution in [3.8, 4) is 0 Å². The molecular weight excluding hydrogens is 140 g/mol. The molecule has 0 aliphatic carbocycles. The summed E-state index contributed by atoms with van der Waals surface area (Å²) in [6, 6.07) is 5.36. The van der Waals surface area contributed by atoms with Crippen molar-refractivity contribution in [2.45, 2.75) is 20.1 Å². The van der Waals surface area contributed by atoms with E-state index in [0.717, 1.165) is 11.1 Å². The molecule has 0 saturated carbocycles. The molecule has 0 radical (unpaired) electrons. The van der Waals surface area contributed by atoms with Gasteiger partial charge in [0.1, 0.15) is 0 Å². The zero-order valence-electron chi connectivity index (χ0n) is 6.66. The SMILES string of the molecule is Cc1cc(C)cc(C([O-])O)c1. The number of benzene rings is 1. The van der Waals surface area contributed by atoms with Crippen LogP contribution < -0.4 is 5.11 Å². The monoisotopic (exact) mass is 151 g/mol. The molecule has 1 N–H and O–H groups in total. The Labute approximate surface area is 66.1 Å². The highest BCUT2D eigenvalue weighted by molar-refractivity contribution is 5.28. The Bertz CT molecular complexity index is 233. The Hall–Kier alpha value is -0.860. The fourth-order valence-corrected chi connectivity index (χ4v) is 1.15. The molecule has 0 bridgehead atoms. The minimum absolute atomic E-state index is 0.447. The lowest BCUT2D eigenvalue weighted by atomic mass is 10.1. The summed E-state index contributed by atoms with van der Waals surface area (Å²) in [5, 5.41) is 19.3. The zero-order valence-corrected chi connectivity index (χ0v) is 6.66. The molecule has 1 aromatic rings. The van der Waals surface area contributed by atoms with Gasteiger partial charge in [0.25, 0.3) is 0 Å². The van der Waals surface area contributed by atoms with Crippen LogP contribution in [0.2, 0.25) is 0 Å². The van der Waals surface area contributed by atoms with Crippen molar-refractivity contribution in [1.29, 1.82) is 0 Å². The number of hydrogen-bond donors (Lipinski definition) is 1. The fraction of sp³-hybridized carbons (Fsp3) is 0.333. The molecule has 0 heterocycles. The summed E-state index contributed by atoms with van der Waals surface area (Å²) < 4.78 is 0. The predicted molar refractivity (Wildman–Crippen MR) is 40.9 cm³/mol. The first-order valence-electron chi connectivity index (χ1n) is 3.51. The van der Waals surface area contributed by atoms with Crippen LogP contribution in [-0.2, 0) is 0 Å². The Kier molecular flexibility index (Phi) is 2.27. The number of aliphatic hydroxyl groups is 1. The van der Waals surface area contributed by atoms with Crippen LogP contribution in [0, 0.1) is 13.8 Å². The van der Waals surface area contributed by atoms with E-state index in [-0.39, 0.29) is 0 Å². The van der Waals surface area contributed by atoms with Gasteiger partial charge in [-0.05, 0) is 19.4 Å². The second-order valence-corrected chi connectivity index (χ2v) is 2.77. The van der Waals surface area contributed by atoms with E-state index in [1.54, 1.807) is 12.1 Å². The summed E-state index contributed by atoms with van der Waals surface area (Å²) in [4.78, 5) is 0. The molecule has 1 unspecified atom stereocenters. The maximum atomic E-state index is 10.6. The van der Waals surface area contributed by atoms with E-state index in [1.807, 2.05) is 19.9 Å². The first kappa shape index (κ1) is 8.24. The Balaban J connectivity index is 3.08. The van der Waals surface area contributed by atoms with E-state index >= 15 is 0 Å². The van der Waals surface area contributed by atoms with Gasteiger partial charge in [0.15, 0.2) is 0 Å². The van der Waals surface area contributed by atoms with Crippen LogP contribution in [0.25, 0.3) is 0 Å². The van der Waals surface area contributed by atoms with Crippen molar-refractivity contribution in [3.63, 3.8) is 0 Å². The largest absolute Gasteiger partial charge is 0.828 e. The molecule has 1 aromatic carbocycles. The molecule has 0 amide bonds. The van der Waals surface area contributed by atoms with Gasteiger partial charge < -0.3 is 10.2 Å². The van der Waals surface area contributed by atoms with Gasteiger partial charge in [0, 0.05) is 6.29 Å². The second-order valence-electron chi connectivity index (χ2n) is 2.77. The first-order chi connectivity index (χ1) is 5.09. The van der Waals surface area contributed by atoms with Crippen molar-refractivity contribution in [1.82, 2.24) is 0 Å². The van der Waals surface area contributed by atoms with Crippen molar-refractivity contribution < 1.29 is 10.2 Å². The molecular formula is C9H11O2-. The average Bonchev–Trinajstić information content (AvgIpc) is 1.85. The van der Waals surface area contributed by atoms with Gasteiger partial charge in [-0.15, -0.1) is 0 Å². The molecule has 0 aromatic heterocycles.